The number of hydrogen-bond acceptors (Lipinski definition) is 2. The van der Waals surface area contributed by atoms with E-state index in [0.717, 1.165) is 30.8 Å². The Balaban J connectivity index is 2.03. The first-order valence-electron chi connectivity index (χ1n) is 5.26. The van der Waals surface area contributed by atoms with Crippen LogP contribution in [0.1, 0.15) is 18.4 Å². The van der Waals surface area contributed by atoms with Crippen LogP contribution >= 0.6 is 11.6 Å². The Morgan fingerprint density at radius 2 is 2.33 bits per heavy atom. The third-order valence-electron chi connectivity index (χ3n) is 2.50. The van der Waals surface area contributed by atoms with Crippen molar-refractivity contribution >= 4 is 11.6 Å². The van der Waals surface area contributed by atoms with Gasteiger partial charge in [0.2, 0.25) is 0 Å². The first kappa shape index (κ1) is 10.8. The van der Waals surface area contributed by atoms with Gasteiger partial charge in [-0.3, -0.25) is 0 Å². The fourth-order valence-corrected chi connectivity index (χ4v) is 1.96. The van der Waals surface area contributed by atoms with Crippen LogP contribution < -0.4 is 4.74 Å². The van der Waals surface area contributed by atoms with Gasteiger partial charge in [0.25, 0.3) is 0 Å². The number of ether oxygens (including phenoxy) is 2. The van der Waals surface area contributed by atoms with E-state index >= 15 is 0 Å². The van der Waals surface area contributed by atoms with E-state index in [1.54, 1.807) is 0 Å². The number of benzene rings is 1. The lowest BCUT2D eigenvalue weighted by molar-refractivity contribution is 0.00747. The molecule has 15 heavy (non-hydrogen) atoms. The second-order valence-electron chi connectivity index (χ2n) is 3.89. The molecule has 0 amide bonds. The summed E-state index contributed by atoms with van der Waals surface area (Å²) in [5.41, 5.74) is 1.15. The monoisotopic (exact) mass is 226 g/mol. The van der Waals surface area contributed by atoms with Crippen LogP contribution in [-0.4, -0.2) is 19.3 Å². The molecule has 1 aliphatic rings. The molecule has 2 rings (SSSR count). The maximum absolute atomic E-state index is 6.08. The van der Waals surface area contributed by atoms with Gasteiger partial charge in [0.1, 0.15) is 11.9 Å². The van der Waals surface area contributed by atoms with Crippen molar-refractivity contribution in [2.45, 2.75) is 25.9 Å². The topological polar surface area (TPSA) is 18.5 Å². The third kappa shape index (κ3) is 2.86. The Bertz CT molecular complexity index is 332. The van der Waals surface area contributed by atoms with Gasteiger partial charge in [-0.2, -0.15) is 0 Å². The summed E-state index contributed by atoms with van der Waals surface area (Å²) in [4.78, 5) is 0. The summed E-state index contributed by atoms with van der Waals surface area (Å²) in [6.45, 7) is 3.53. The molecular weight excluding hydrogens is 212 g/mol. The highest BCUT2D eigenvalue weighted by Gasteiger charge is 2.16. The van der Waals surface area contributed by atoms with E-state index in [2.05, 4.69) is 0 Å². The molecule has 0 bridgehead atoms. The van der Waals surface area contributed by atoms with Gasteiger partial charge in [-0.1, -0.05) is 17.7 Å². The predicted molar refractivity (Wildman–Crippen MR) is 60.7 cm³/mol. The number of hydrogen-bond donors (Lipinski definition) is 0. The molecule has 2 nitrogen and oxygen atoms in total. The van der Waals surface area contributed by atoms with Crippen LogP contribution in [0.3, 0.4) is 0 Å². The van der Waals surface area contributed by atoms with Gasteiger partial charge < -0.3 is 9.47 Å². The van der Waals surface area contributed by atoms with Crippen LogP contribution in [0.25, 0.3) is 0 Å². The molecule has 0 saturated carbocycles. The summed E-state index contributed by atoms with van der Waals surface area (Å²) in [6.07, 6.45) is 2.26. The van der Waals surface area contributed by atoms with E-state index in [4.69, 9.17) is 21.1 Å². The zero-order valence-corrected chi connectivity index (χ0v) is 9.59. The summed E-state index contributed by atoms with van der Waals surface area (Å²) in [5.74, 6) is 0.762. The third-order valence-corrected chi connectivity index (χ3v) is 2.79. The maximum Gasteiger partial charge on any atom is 0.138 e. The van der Waals surface area contributed by atoms with Crippen LogP contribution in [0.2, 0.25) is 5.02 Å². The molecule has 0 spiro atoms. The van der Waals surface area contributed by atoms with Gasteiger partial charge in [-0.15, -0.1) is 0 Å². The predicted octanol–water partition coefficient (Wildman–Crippen LogP) is 3.21. The zero-order valence-electron chi connectivity index (χ0n) is 8.83. The summed E-state index contributed by atoms with van der Waals surface area (Å²) in [7, 11) is 0. The Morgan fingerprint density at radius 1 is 1.47 bits per heavy atom. The summed E-state index contributed by atoms with van der Waals surface area (Å²) >= 11 is 6.08. The van der Waals surface area contributed by atoms with Crippen molar-refractivity contribution in [3.63, 3.8) is 0 Å². The van der Waals surface area contributed by atoms with E-state index in [1.807, 2.05) is 25.1 Å². The van der Waals surface area contributed by atoms with Crippen molar-refractivity contribution in [1.82, 2.24) is 0 Å². The van der Waals surface area contributed by atoms with E-state index in [-0.39, 0.29) is 6.10 Å². The van der Waals surface area contributed by atoms with Gasteiger partial charge >= 0.3 is 0 Å². The molecule has 1 aromatic rings. The molecule has 1 fully saturated rings. The molecule has 1 aliphatic heterocycles. The highest BCUT2D eigenvalue weighted by atomic mass is 35.5. The van der Waals surface area contributed by atoms with Gasteiger partial charge in [0.05, 0.1) is 11.6 Å². The van der Waals surface area contributed by atoms with Crippen LogP contribution in [-0.2, 0) is 4.74 Å². The van der Waals surface area contributed by atoms with E-state index in [9.17, 15) is 0 Å². The lowest BCUT2D eigenvalue weighted by Crippen LogP contribution is -2.28. The lowest BCUT2D eigenvalue weighted by Gasteiger charge is -2.23. The smallest absolute Gasteiger partial charge is 0.138 e. The van der Waals surface area contributed by atoms with Crippen molar-refractivity contribution in [2.75, 3.05) is 13.2 Å². The van der Waals surface area contributed by atoms with Gasteiger partial charge in [-0.25, -0.2) is 0 Å². The molecule has 82 valence electrons. The average molecular weight is 227 g/mol. The first-order valence-corrected chi connectivity index (χ1v) is 5.64. The summed E-state index contributed by atoms with van der Waals surface area (Å²) < 4.78 is 11.1. The second kappa shape index (κ2) is 4.86. The number of halogens is 1. The fraction of sp³-hybridized carbons (Fsp3) is 0.500. The van der Waals surface area contributed by atoms with Crippen molar-refractivity contribution in [3.05, 3.63) is 28.8 Å². The molecule has 1 atom stereocenters. The molecule has 1 heterocycles. The molecule has 1 aromatic carbocycles. The lowest BCUT2D eigenvalue weighted by atomic mass is 10.1. The Kier molecular flexibility index (Phi) is 3.49. The van der Waals surface area contributed by atoms with Crippen molar-refractivity contribution in [3.8, 4) is 5.75 Å². The molecule has 0 N–H and O–H groups in total. The molecule has 1 saturated heterocycles. The average Bonchev–Trinajstić information content (AvgIpc) is 2.24. The molecular formula is C12H15ClO2. The minimum absolute atomic E-state index is 0.152. The van der Waals surface area contributed by atoms with Crippen LogP contribution in [0.4, 0.5) is 0 Å². The molecule has 0 aromatic heterocycles. The highest BCUT2D eigenvalue weighted by molar-refractivity contribution is 6.32. The van der Waals surface area contributed by atoms with Crippen LogP contribution in [0.5, 0.6) is 5.75 Å². The van der Waals surface area contributed by atoms with Crippen molar-refractivity contribution < 1.29 is 9.47 Å². The SMILES string of the molecule is Cc1ccc(OC2CCCOC2)c(Cl)c1. The second-order valence-corrected chi connectivity index (χ2v) is 4.30. The van der Waals surface area contributed by atoms with E-state index < -0.39 is 0 Å². The molecule has 0 aliphatic carbocycles. The molecule has 3 heteroatoms. The number of aryl methyl sites for hydroxylation is 1. The largest absolute Gasteiger partial charge is 0.486 e. The quantitative estimate of drug-likeness (QED) is 0.771. The normalized spacial score (nSPS) is 21.3. The Labute approximate surface area is 95.1 Å². The van der Waals surface area contributed by atoms with Crippen molar-refractivity contribution in [1.29, 1.82) is 0 Å². The zero-order chi connectivity index (χ0) is 10.7. The fourth-order valence-electron chi connectivity index (χ4n) is 1.69. The van der Waals surface area contributed by atoms with Crippen LogP contribution in [0.15, 0.2) is 18.2 Å². The molecule has 1 unspecified atom stereocenters. The maximum atomic E-state index is 6.08. The standard InChI is InChI=1S/C12H15ClO2/c1-9-4-5-12(11(13)7-9)15-10-3-2-6-14-8-10/h4-5,7,10H,2-3,6,8H2,1H3. The van der Waals surface area contributed by atoms with E-state index in [1.165, 1.54) is 0 Å². The minimum atomic E-state index is 0.152. The minimum Gasteiger partial charge on any atom is -0.486 e. The summed E-state index contributed by atoms with van der Waals surface area (Å²) in [5, 5.41) is 0.681. The highest BCUT2D eigenvalue weighted by Crippen LogP contribution is 2.27. The van der Waals surface area contributed by atoms with Gasteiger partial charge in [-0.05, 0) is 37.5 Å². The van der Waals surface area contributed by atoms with Gasteiger partial charge in [0, 0.05) is 6.61 Å². The van der Waals surface area contributed by atoms with E-state index in [0.29, 0.717) is 11.6 Å². The first-order chi connectivity index (χ1) is 7.25. The Morgan fingerprint density at radius 3 is 3.00 bits per heavy atom. The van der Waals surface area contributed by atoms with Crippen molar-refractivity contribution in [2.24, 2.45) is 0 Å². The molecule has 0 radical (unpaired) electrons. The van der Waals surface area contributed by atoms with Crippen LogP contribution in [0, 0.1) is 6.92 Å². The summed E-state index contributed by atoms with van der Waals surface area (Å²) in [6, 6.07) is 5.84. The number of rotatable bonds is 2. The Hall–Kier alpha value is -0.730. The van der Waals surface area contributed by atoms with Gasteiger partial charge in [0.15, 0.2) is 0 Å².